The van der Waals surface area contributed by atoms with Gasteiger partial charge in [0.1, 0.15) is 0 Å². The lowest BCUT2D eigenvalue weighted by molar-refractivity contribution is -0.172. The van der Waals surface area contributed by atoms with Crippen molar-refractivity contribution in [3.63, 3.8) is 0 Å². The van der Waals surface area contributed by atoms with Gasteiger partial charge >= 0.3 is 11.9 Å². The van der Waals surface area contributed by atoms with E-state index in [9.17, 15) is 9.59 Å². The van der Waals surface area contributed by atoms with Crippen LogP contribution in [-0.2, 0) is 25.5 Å². The van der Waals surface area contributed by atoms with E-state index in [4.69, 9.17) is 21.1 Å². The Hall–Kier alpha value is -1.55. The molecule has 0 spiro atoms. The SMILES string of the molecule is CCOC(=O)C(CC)(Cc1ccc(Cl)cc1)C(=O)OCC. The Kier molecular flexibility index (Phi) is 6.69. The maximum atomic E-state index is 12.3. The first-order valence-corrected chi connectivity index (χ1v) is 7.46. The number of carbonyl (C=O) groups is 2. The standard InChI is InChI=1S/C16H21ClO4/c1-4-16(14(18)20-5-2,15(19)21-6-3)11-12-7-9-13(17)10-8-12/h7-10H,4-6,11H2,1-3H3. The Balaban J connectivity index is 3.12. The predicted octanol–water partition coefficient (Wildman–Crippen LogP) is 3.41. The molecule has 21 heavy (non-hydrogen) atoms. The molecule has 116 valence electrons. The molecular weight excluding hydrogens is 292 g/mol. The van der Waals surface area contributed by atoms with Crippen LogP contribution in [-0.4, -0.2) is 25.2 Å². The van der Waals surface area contributed by atoms with Crippen LogP contribution in [0.15, 0.2) is 24.3 Å². The molecule has 0 saturated heterocycles. The third kappa shape index (κ3) is 4.21. The molecule has 0 aliphatic carbocycles. The lowest BCUT2D eigenvalue weighted by Crippen LogP contribution is -2.43. The van der Waals surface area contributed by atoms with Gasteiger partial charge < -0.3 is 9.47 Å². The van der Waals surface area contributed by atoms with Crippen molar-refractivity contribution in [1.29, 1.82) is 0 Å². The van der Waals surface area contributed by atoms with Gasteiger partial charge in [0.15, 0.2) is 5.41 Å². The van der Waals surface area contributed by atoms with Crippen molar-refractivity contribution < 1.29 is 19.1 Å². The van der Waals surface area contributed by atoms with Crippen LogP contribution in [0.25, 0.3) is 0 Å². The topological polar surface area (TPSA) is 52.6 Å². The molecule has 1 aromatic carbocycles. The molecule has 4 nitrogen and oxygen atoms in total. The Morgan fingerprint density at radius 2 is 1.48 bits per heavy atom. The zero-order valence-electron chi connectivity index (χ0n) is 12.6. The molecule has 0 aromatic heterocycles. The highest BCUT2D eigenvalue weighted by Crippen LogP contribution is 2.31. The maximum Gasteiger partial charge on any atom is 0.323 e. The van der Waals surface area contributed by atoms with Gasteiger partial charge in [0, 0.05) is 5.02 Å². The van der Waals surface area contributed by atoms with Gasteiger partial charge in [-0.2, -0.15) is 0 Å². The minimum Gasteiger partial charge on any atom is -0.465 e. The molecule has 0 radical (unpaired) electrons. The van der Waals surface area contributed by atoms with Crippen molar-refractivity contribution in [2.24, 2.45) is 5.41 Å². The molecule has 0 saturated carbocycles. The second-order valence-electron chi connectivity index (χ2n) is 4.68. The third-order valence-corrected chi connectivity index (χ3v) is 3.61. The summed E-state index contributed by atoms with van der Waals surface area (Å²) in [5, 5.41) is 0.605. The van der Waals surface area contributed by atoms with Crippen LogP contribution in [0.1, 0.15) is 32.8 Å². The molecule has 0 atom stereocenters. The summed E-state index contributed by atoms with van der Waals surface area (Å²) >= 11 is 5.86. The fourth-order valence-corrected chi connectivity index (χ4v) is 2.26. The van der Waals surface area contributed by atoms with Gasteiger partial charge in [0.05, 0.1) is 13.2 Å². The molecular formula is C16H21ClO4. The smallest absolute Gasteiger partial charge is 0.323 e. The number of benzene rings is 1. The van der Waals surface area contributed by atoms with Crippen LogP contribution >= 0.6 is 11.6 Å². The number of rotatable bonds is 7. The van der Waals surface area contributed by atoms with Gasteiger partial charge in [-0.1, -0.05) is 30.7 Å². The van der Waals surface area contributed by atoms with Crippen molar-refractivity contribution >= 4 is 23.5 Å². The van der Waals surface area contributed by atoms with Crippen molar-refractivity contribution in [2.45, 2.75) is 33.6 Å². The zero-order valence-corrected chi connectivity index (χ0v) is 13.4. The summed E-state index contributed by atoms with van der Waals surface area (Å²) in [6.45, 7) is 5.66. The quantitative estimate of drug-likeness (QED) is 0.572. The monoisotopic (exact) mass is 312 g/mol. The minimum atomic E-state index is -1.31. The summed E-state index contributed by atoms with van der Waals surface area (Å²) in [6, 6.07) is 7.05. The van der Waals surface area contributed by atoms with Crippen LogP contribution in [0.5, 0.6) is 0 Å². The largest absolute Gasteiger partial charge is 0.465 e. The lowest BCUT2D eigenvalue weighted by atomic mass is 9.79. The van der Waals surface area contributed by atoms with Crippen molar-refractivity contribution in [3.05, 3.63) is 34.9 Å². The normalized spacial score (nSPS) is 11.0. The van der Waals surface area contributed by atoms with Crippen LogP contribution in [0, 0.1) is 5.41 Å². The first kappa shape index (κ1) is 17.5. The summed E-state index contributed by atoms with van der Waals surface area (Å²) in [4.78, 5) is 24.7. The number of halogens is 1. The molecule has 5 heteroatoms. The Morgan fingerprint density at radius 3 is 1.86 bits per heavy atom. The highest BCUT2D eigenvalue weighted by atomic mass is 35.5. The molecule has 0 unspecified atom stereocenters. The molecule has 0 aliphatic heterocycles. The average molecular weight is 313 g/mol. The van der Waals surface area contributed by atoms with Crippen molar-refractivity contribution in [2.75, 3.05) is 13.2 Å². The average Bonchev–Trinajstić information content (AvgIpc) is 2.47. The van der Waals surface area contributed by atoms with E-state index in [2.05, 4.69) is 0 Å². The number of carbonyl (C=O) groups excluding carboxylic acids is 2. The van der Waals surface area contributed by atoms with Gasteiger partial charge in [0.2, 0.25) is 0 Å². The molecule has 0 amide bonds. The Morgan fingerprint density at radius 1 is 1.00 bits per heavy atom. The Labute approximate surface area is 130 Å². The van der Waals surface area contributed by atoms with E-state index in [1.807, 2.05) is 0 Å². The van der Waals surface area contributed by atoms with Crippen molar-refractivity contribution in [1.82, 2.24) is 0 Å². The van der Waals surface area contributed by atoms with E-state index in [0.717, 1.165) is 5.56 Å². The van der Waals surface area contributed by atoms with Crippen LogP contribution in [0.2, 0.25) is 5.02 Å². The van der Waals surface area contributed by atoms with E-state index >= 15 is 0 Å². The van der Waals surface area contributed by atoms with E-state index in [-0.39, 0.29) is 19.6 Å². The van der Waals surface area contributed by atoms with E-state index in [1.54, 1.807) is 45.0 Å². The molecule has 0 fully saturated rings. The second kappa shape index (κ2) is 8.03. The van der Waals surface area contributed by atoms with Gasteiger partial charge in [-0.25, -0.2) is 0 Å². The number of hydrogen-bond donors (Lipinski definition) is 0. The summed E-state index contributed by atoms with van der Waals surface area (Å²) in [7, 11) is 0. The molecule has 1 aromatic rings. The Bertz CT molecular complexity index is 464. The van der Waals surface area contributed by atoms with E-state index in [0.29, 0.717) is 11.4 Å². The van der Waals surface area contributed by atoms with Crippen LogP contribution in [0.4, 0.5) is 0 Å². The molecule has 0 aliphatic rings. The fourth-order valence-electron chi connectivity index (χ4n) is 2.13. The van der Waals surface area contributed by atoms with E-state index in [1.165, 1.54) is 0 Å². The fraction of sp³-hybridized carbons (Fsp3) is 0.500. The van der Waals surface area contributed by atoms with E-state index < -0.39 is 17.4 Å². The third-order valence-electron chi connectivity index (χ3n) is 3.36. The van der Waals surface area contributed by atoms with Gasteiger partial charge in [-0.05, 0) is 44.4 Å². The van der Waals surface area contributed by atoms with Gasteiger partial charge in [-0.3, -0.25) is 9.59 Å². The second-order valence-corrected chi connectivity index (χ2v) is 5.12. The number of ether oxygens (including phenoxy) is 2. The minimum absolute atomic E-state index is 0.223. The molecule has 1 rings (SSSR count). The predicted molar refractivity (Wildman–Crippen MR) is 81.1 cm³/mol. The maximum absolute atomic E-state index is 12.3. The lowest BCUT2D eigenvalue weighted by Gasteiger charge is -2.28. The summed E-state index contributed by atoms with van der Waals surface area (Å²) in [5.41, 5.74) is -0.470. The van der Waals surface area contributed by atoms with Gasteiger partial charge in [0.25, 0.3) is 0 Å². The molecule has 0 N–H and O–H groups in total. The van der Waals surface area contributed by atoms with Crippen molar-refractivity contribution in [3.8, 4) is 0 Å². The number of esters is 2. The highest BCUT2D eigenvalue weighted by Gasteiger charge is 2.47. The van der Waals surface area contributed by atoms with Crippen LogP contribution < -0.4 is 0 Å². The first-order valence-electron chi connectivity index (χ1n) is 7.09. The molecule has 0 heterocycles. The first-order chi connectivity index (χ1) is 10.00. The zero-order chi connectivity index (χ0) is 15.9. The highest BCUT2D eigenvalue weighted by molar-refractivity contribution is 6.30. The van der Waals surface area contributed by atoms with Crippen LogP contribution in [0.3, 0.4) is 0 Å². The summed E-state index contributed by atoms with van der Waals surface area (Å²) < 4.78 is 10.2. The van der Waals surface area contributed by atoms with Gasteiger partial charge in [-0.15, -0.1) is 0 Å². The number of hydrogen-bond acceptors (Lipinski definition) is 4. The summed E-state index contributed by atoms with van der Waals surface area (Å²) in [6.07, 6.45) is 0.547. The molecule has 0 bridgehead atoms. The summed E-state index contributed by atoms with van der Waals surface area (Å²) in [5.74, 6) is -1.08.